The van der Waals surface area contributed by atoms with E-state index in [2.05, 4.69) is 10.6 Å². The molecule has 2 N–H and O–H groups in total. The second kappa shape index (κ2) is 7.66. The monoisotopic (exact) mass is 425 g/mol. The van der Waals surface area contributed by atoms with Crippen LogP contribution in [0.5, 0.6) is 0 Å². The molecular weight excluding hydrogens is 398 g/mol. The van der Waals surface area contributed by atoms with Crippen LogP contribution in [0.1, 0.15) is 72.9 Å². The standard InChI is InChI=1S/C23H27N3O5/c27-19-4-3-18(20(28)25-19)26-13-15-2-1-14(11-17(15)21(26)29)12-24-22(30)31-16-5-7-23(8-6-16)9-10-23/h1-2,11,16,18H,3-10,12-13H2,(H,24,30)(H,25,27,28). The van der Waals surface area contributed by atoms with Crippen LogP contribution in [0, 0.1) is 5.41 Å². The van der Waals surface area contributed by atoms with E-state index in [-0.39, 0.29) is 30.9 Å². The second-order valence-electron chi connectivity index (χ2n) is 9.35. The first-order valence-corrected chi connectivity index (χ1v) is 11.1. The number of carbonyl (C=O) groups is 4. The maximum absolute atomic E-state index is 12.9. The normalized spacial score (nSPS) is 24.7. The van der Waals surface area contributed by atoms with Crippen molar-refractivity contribution in [2.45, 2.75) is 76.6 Å². The van der Waals surface area contributed by atoms with Gasteiger partial charge in [-0.3, -0.25) is 19.7 Å². The minimum absolute atomic E-state index is 0.00472. The summed E-state index contributed by atoms with van der Waals surface area (Å²) in [5.41, 5.74) is 2.75. The molecular formula is C23H27N3O5. The molecule has 0 radical (unpaired) electrons. The molecule has 5 rings (SSSR count). The maximum atomic E-state index is 12.9. The number of fused-ring (bicyclic) bond motifs is 1. The zero-order valence-corrected chi connectivity index (χ0v) is 17.4. The third-order valence-electron chi connectivity index (χ3n) is 7.25. The molecule has 3 fully saturated rings. The highest BCUT2D eigenvalue weighted by Crippen LogP contribution is 2.56. The van der Waals surface area contributed by atoms with Gasteiger partial charge >= 0.3 is 6.09 Å². The van der Waals surface area contributed by atoms with Gasteiger partial charge < -0.3 is 15.0 Å². The Kier molecular flexibility index (Phi) is 4.95. The van der Waals surface area contributed by atoms with Gasteiger partial charge in [-0.1, -0.05) is 12.1 Å². The minimum Gasteiger partial charge on any atom is -0.446 e. The molecule has 2 saturated carbocycles. The average molecular weight is 425 g/mol. The first-order chi connectivity index (χ1) is 14.9. The van der Waals surface area contributed by atoms with E-state index in [1.807, 2.05) is 12.1 Å². The van der Waals surface area contributed by atoms with Crippen LogP contribution in [-0.2, 0) is 27.4 Å². The summed E-state index contributed by atoms with van der Waals surface area (Å²) < 4.78 is 5.57. The van der Waals surface area contributed by atoms with Crippen molar-refractivity contribution in [3.8, 4) is 0 Å². The van der Waals surface area contributed by atoms with Gasteiger partial charge in [0, 0.05) is 25.1 Å². The number of carbonyl (C=O) groups excluding carboxylic acids is 4. The van der Waals surface area contributed by atoms with Crippen molar-refractivity contribution in [1.29, 1.82) is 0 Å². The van der Waals surface area contributed by atoms with Crippen molar-refractivity contribution < 1.29 is 23.9 Å². The van der Waals surface area contributed by atoms with Crippen molar-refractivity contribution in [3.63, 3.8) is 0 Å². The number of rotatable bonds is 4. The van der Waals surface area contributed by atoms with Crippen molar-refractivity contribution in [2.24, 2.45) is 5.41 Å². The number of benzene rings is 1. The number of alkyl carbamates (subject to hydrolysis) is 1. The van der Waals surface area contributed by atoms with Crippen molar-refractivity contribution >= 4 is 23.8 Å². The highest BCUT2D eigenvalue weighted by atomic mass is 16.6. The molecule has 8 nitrogen and oxygen atoms in total. The van der Waals surface area contributed by atoms with Gasteiger partial charge in [-0.15, -0.1) is 0 Å². The van der Waals surface area contributed by atoms with Gasteiger partial charge in [0.25, 0.3) is 5.91 Å². The van der Waals surface area contributed by atoms with E-state index in [0.29, 0.717) is 23.9 Å². The van der Waals surface area contributed by atoms with E-state index in [4.69, 9.17) is 4.74 Å². The SMILES string of the molecule is O=C1CCC(N2Cc3ccc(CNC(=O)OC4CCC5(CC4)CC5)cc3C2=O)C(=O)N1. The molecule has 1 saturated heterocycles. The van der Waals surface area contributed by atoms with Crippen molar-refractivity contribution in [3.05, 3.63) is 34.9 Å². The van der Waals surface area contributed by atoms with Gasteiger partial charge in [0.1, 0.15) is 12.1 Å². The Bertz CT molecular complexity index is 945. The number of piperidine rings is 1. The molecule has 164 valence electrons. The molecule has 1 aromatic carbocycles. The maximum Gasteiger partial charge on any atom is 0.407 e. The summed E-state index contributed by atoms with van der Waals surface area (Å²) in [6.07, 6.45) is 6.98. The van der Waals surface area contributed by atoms with Gasteiger partial charge in [0.15, 0.2) is 0 Å². The lowest BCUT2D eigenvalue weighted by atomic mass is 9.85. The van der Waals surface area contributed by atoms with Crippen LogP contribution in [0.4, 0.5) is 4.79 Å². The Hall–Kier alpha value is -2.90. The molecule has 1 atom stereocenters. The quantitative estimate of drug-likeness (QED) is 0.721. The van der Waals surface area contributed by atoms with Crippen LogP contribution < -0.4 is 10.6 Å². The minimum atomic E-state index is -0.626. The number of ether oxygens (including phenoxy) is 1. The molecule has 2 aliphatic carbocycles. The Morgan fingerprint density at radius 3 is 2.61 bits per heavy atom. The van der Waals surface area contributed by atoms with Gasteiger partial charge in [0.2, 0.25) is 11.8 Å². The van der Waals surface area contributed by atoms with Crippen molar-refractivity contribution in [1.82, 2.24) is 15.5 Å². The predicted molar refractivity (Wildman–Crippen MR) is 110 cm³/mol. The lowest BCUT2D eigenvalue weighted by Gasteiger charge is -2.29. The second-order valence-corrected chi connectivity index (χ2v) is 9.35. The molecule has 2 heterocycles. The van der Waals surface area contributed by atoms with Gasteiger partial charge in [-0.2, -0.15) is 0 Å². The smallest absolute Gasteiger partial charge is 0.407 e. The average Bonchev–Trinajstić information content (AvgIpc) is 3.44. The van der Waals surface area contributed by atoms with Crippen LogP contribution in [0.25, 0.3) is 0 Å². The van der Waals surface area contributed by atoms with Crippen LogP contribution in [-0.4, -0.2) is 40.9 Å². The Balaban J connectivity index is 1.15. The topological polar surface area (TPSA) is 105 Å². The Labute approximate surface area is 180 Å². The number of hydrogen-bond donors (Lipinski definition) is 2. The molecule has 1 spiro atoms. The van der Waals surface area contributed by atoms with Gasteiger partial charge in [0.05, 0.1) is 0 Å². The fourth-order valence-corrected chi connectivity index (χ4v) is 5.08. The summed E-state index contributed by atoms with van der Waals surface area (Å²) in [5.74, 6) is -0.937. The van der Waals surface area contributed by atoms with Crippen LogP contribution in [0.2, 0.25) is 0 Å². The van der Waals surface area contributed by atoms with Gasteiger partial charge in [-0.05, 0) is 67.6 Å². The van der Waals surface area contributed by atoms with E-state index in [1.165, 1.54) is 17.7 Å². The number of imide groups is 1. The number of amides is 4. The van der Waals surface area contributed by atoms with Crippen LogP contribution >= 0.6 is 0 Å². The fraction of sp³-hybridized carbons (Fsp3) is 0.565. The summed E-state index contributed by atoms with van der Waals surface area (Å²) in [7, 11) is 0. The molecule has 1 unspecified atom stereocenters. The van der Waals surface area contributed by atoms with E-state index in [9.17, 15) is 19.2 Å². The fourth-order valence-electron chi connectivity index (χ4n) is 5.08. The molecule has 0 aromatic heterocycles. The van der Waals surface area contributed by atoms with E-state index < -0.39 is 18.0 Å². The summed E-state index contributed by atoms with van der Waals surface area (Å²) >= 11 is 0. The van der Waals surface area contributed by atoms with E-state index in [1.54, 1.807) is 6.07 Å². The van der Waals surface area contributed by atoms with E-state index >= 15 is 0 Å². The molecule has 2 aliphatic heterocycles. The largest absolute Gasteiger partial charge is 0.446 e. The number of nitrogens with zero attached hydrogens (tertiary/aromatic N) is 1. The number of nitrogens with one attached hydrogen (secondary N) is 2. The molecule has 4 aliphatic rings. The summed E-state index contributed by atoms with van der Waals surface area (Å²) in [6, 6.07) is 4.87. The van der Waals surface area contributed by atoms with Gasteiger partial charge in [-0.25, -0.2) is 4.79 Å². The molecule has 0 bridgehead atoms. The molecule has 8 heteroatoms. The summed E-state index contributed by atoms with van der Waals surface area (Å²) in [5, 5.41) is 5.09. The third-order valence-corrected chi connectivity index (χ3v) is 7.25. The van der Waals surface area contributed by atoms with E-state index in [0.717, 1.165) is 36.8 Å². The van der Waals surface area contributed by atoms with Crippen LogP contribution in [0.15, 0.2) is 18.2 Å². The molecule has 4 amide bonds. The lowest BCUT2D eigenvalue weighted by molar-refractivity contribution is -0.136. The Morgan fingerprint density at radius 2 is 1.90 bits per heavy atom. The predicted octanol–water partition coefficient (Wildman–Crippen LogP) is 2.40. The first-order valence-electron chi connectivity index (χ1n) is 11.1. The zero-order valence-electron chi connectivity index (χ0n) is 17.4. The summed E-state index contributed by atoms with van der Waals surface area (Å²) in [4.78, 5) is 50.1. The Morgan fingerprint density at radius 1 is 1.13 bits per heavy atom. The first kappa shape index (κ1) is 20.0. The number of hydrogen-bond acceptors (Lipinski definition) is 5. The lowest BCUT2D eigenvalue weighted by Crippen LogP contribution is -2.52. The molecule has 1 aromatic rings. The summed E-state index contributed by atoms with van der Waals surface area (Å²) in [6.45, 7) is 0.619. The van der Waals surface area contributed by atoms with Crippen LogP contribution in [0.3, 0.4) is 0 Å². The van der Waals surface area contributed by atoms with Crippen molar-refractivity contribution in [2.75, 3.05) is 0 Å². The third kappa shape index (κ3) is 4.03. The highest BCUT2D eigenvalue weighted by Gasteiger charge is 2.45. The zero-order chi connectivity index (χ0) is 21.6. The highest BCUT2D eigenvalue weighted by molar-refractivity contribution is 6.05. The molecule has 31 heavy (non-hydrogen) atoms.